The summed E-state index contributed by atoms with van der Waals surface area (Å²) in [6.45, 7) is 5.79. The quantitative estimate of drug-likeness (QED) is 0.752. The minimum absolute atomic E-state index is 0.201. The second-order valence-corrected chi connectivity index (χ2v) is 5.92. The van der Waals surface area contributed by atoms with Gasteiger partial charge in [-0.15, -0.1) is 0 Å². The number of hydrogen-bond acceptors (Lipinski definition) is 8. The third kappa shape index (κ3) is 3.10. The van der Waals surface area contributed by atoms with Gasteiger partial charge in [0.15, 0.2) is 17.0 Å². The summed E-state index contributed by atoms with van der Waals surface area (Å²) in [7, 11) is 0. The number of nitrogens with two attached hydrogens (primary N) is 1. The Labute approximate surface area is 144 Å². The first-order valence-corrected chi connectivity index (χ1v) is 8.40. The van der Waals surface area contributed by atoms with E-state index in [2.05, 4.69) is 31.9 Å². The molecule has 2 N–H and O–H groups in total. The third-order valence-electron chi connectivity index (χ3n) is 4.10. The standard InChI is InChI=1S/C16H20N8O/c1-2-3-24-10-11(8-19-24)12-9-18-14-13(20-12)15(22-16(17)21-14)23-4-6-25-7-5-23/h8-10H,2-7H2,1H3,(H2,17,18,21,22). The zero-order chi connectivity index (χ0) is 17.2. The summed E-state index contributed by atoms with van der Waals surface area (Å²) >= 11 is 0. The maximum atomic E-state index is 5.86. The number of nitrogen functional groups attached to an aromatic ring is 1. The molecule has 1 fully saturated rings. The Morgan fingerprint density at radius 3 is 2.80 bits per heavy atom. The lowest BCUT2D eigenvalue weighted by Crippen LogP contribution is -2.37. The van der Waals surface area contributed by atoms with Crippen LogP contribution in [0.15, 0.2) is 18.6 Å². The third-order valence-corrected chi connectivity index (χ3v) is 4.10. The van der Waals surface area contributed by atoms with E-state index in [-0.39, 0.29) is 5.95 Å². The van der Waals surface area contributed by atoms with Gasteiger partial charge in [-0.1, -0.05) is 6.92 Å². The first-order chi connectivity index (χ1) is 12.2. The molecule has 4 rings (SSSR count). The molecule has 0 unspecified atom stereocenters. The first kappa shape index (κ1) is 15.7. The summed E-state index contributed by atoms with van der Waals surface area (Å²) in [4.78, 5) is 19.9. The van der Waals surface area contributed by atoms with Crippen LogP contribution in [0.5, 0.6) is 0 Å². The van der Waals surface area contributed by atoms with Crippen LogP contribution in [-0.2, 0) is 11.3 Å². The van der Waals surface area contributed by atoms with Crippen molar-refractivity contribution in [2.45, 2.75) is 19.9 Å². The van der Waals surface area contributed by atoms with Gasteiger partial charge in [-0.3, -0.25) is 4.68 Å². The van der Waals surface area contributed by atoms with Gasteiger partial charge >= 0.3 is 0 Å². The maximum absolute atomic E-state index is 5.86. The second kappa shape index (κ2) is 6.60. The molecule has 0 spiro atoms. The van der Waals surface area contributed by atoms with Crippen molar-refractivity contribution in [3.63, 3.8) is 0 Å². The van der Waals surface area contributed by atoms with E-state index < -0.39 is 0 Å². The summed E-state index contributed by atoms with van der Waals surface area (Å²) < 4.78 is 7.33. The van der Waals surface area contributed by atoms with Crippen LogP contribution in [0.1, 0.15) is 13.3 Å². The van der Waals surface area contributed by atoms with Crippen LogP contribution in [0, 0.1) is 0 Å². The SMILES string of the molecule is CCCn1cc(-c2cnc3nc(N)nc(N4CCOCC4)c3n2)cn1. The van der Waals surface area contributed by atoms with Crippen molar-refractivity contribution in [1.29, 1.82) is 0 Å². The van der Waals surface area contributed by atoms with Crippen molar-refractivity contribution in [3.8, 4) is 11.3 Å². The Morgan fingerprint density at radius 1 is 1.16 bits per heavy atom. The Hall–Kier alpha value is -2.81. The van der Waals surface area contributed by atoms with E-state index in [0.29, 0.717) is 30.2 Å². The minimum Gasteiger partial charge on any atom is -0.378 e. The van der Waals surface area contributed by atoms with Crippen LogP contribution < -0.4 is 10.6 Å². The molecule has 1 saturated heterocycles. The highest BCUT2D eigenvalue weighted by Gasteiger charge is 2.19. The van der Waals surface area contributed by atoms with Gasteiger partial charge in [0.05, 0.1) is 31.3 Å². The highest BCUT2D eigenvalue weighted by atomic mass is 16.5. The average molecular weight is 340 g/mol. The van der Waals surface area contributed by atoms with Crippen molar-refractivity contribution in [3.05, 3.63) is 18.6 Å². The number of anilines is 2. The summed E-state index contributed by atoms with van der Waals surface area (Å²) in [6, 6.07) is 0. The Morgan fingerprint density at radius 2 is 2.00 bits per heavy atom. The lowest BCUT2D eigenvalue weighted by Gasteiger charge is -2.28. The zero-order valence-corrected chi connectivity index (χ0v) is 14.1. The number of fused-ring (bicyclic) bond motifs is 1. The monoisotopic (exact) mass is 340 g/mol. The lowest BCUT2D eigenvalue weighted by molar-refractivity contribution is 0.122. The number of morpholine rings is 1. The highest BCUT2D eigenvalue weighted by molar-refractivity contribution is 5.85. The molecule has 0 amide bonds. The van der Waals surface area contributed by atoms with Gasteiger partial charge in [-0.2, -0.15) is 15.1 Å². The number of hydrogen-bond donors (Lipinski definition) is 1. The second-order valence-electron chi connectivity index (χ2n) is 5.92. The molecular formula is C16H20N8O. The minimum atomic E-state index is 0.201. The molecule has 3 aromatic heterocycles. The molecule has 130 valence electrons. The van der Waals surface area contributed by atoms with Crippen molar-refractivity contribution in [1.82, 2.24) is 29.7 Å². The summed E-state index contributed by atoms with van der Waals surface area (Å²) in [5.74, 6) is 0.910. The smallest absolute Gasteiger partial charge is 0.224 e. The molecule has 0 radical (unpaired) electrons. The maximum Gasteiger partial charge on any atom is 0.224 e. The molecule has 1 aliphatic heterocycles. The topological polar surface area (TPSA) is 108 Å². The summed E-state index contributed by atoms with van der Waals surface area (Å²) in [5, 5.41) is 4.36. The van der Waals surface area contributed by atoms with E-state index in [4.69, 9.17) is 15.5 Å². The van der Waals surface area contributed by atoms with Gasteiger partial charge in [0.2, 0.25) is 5.95 Å². The van der Waals surface area contributed by atoms with Crippen LogP contribution in [0.4, 0.5) is 11.8 Å². The number of nitrogens with zero attached hydrogens (tertiary/aromatic N) is 7. The number of aromatic nitrogens is 6. The van der Waals surface area contributed by atoms with Gasteiger partial charge in [0.1, 0.15) is 0 Å². The number of aryl methyl sites for hydroxylation is 1. The Kier molecular flexibility index (Phi) is 4.14. The van der Waals surface area contributed by atoms with Crippen molar-refractivity contribution in [2.24, 2.45) is 0 Å². The molecule has 0 aliphatic carbocycles. The summed E-state index contributed by atoms with van der Waals surface area (Å²) in [6.07, 6.45) is 6.51. The molecule has 9 heteroatoms. The van der Waals surface area contributed by atoms with Gasteiger partial charge in [-0.25, -0.2) is 9.97 Å². The van der Waals surface area contributed by atoms with E-state index in [9.17, 15) is 0 Å². The molecule has 4 heterocycles. The fraction of sp³-hybridized carbons (Fsp3) is 0.438. The summed E-state index contributed by atoms with van der Waals surface area (Å²) in [5.41, 5.74) is 8.68. The molecule has 25 heavy (non-hydrogen) atoms. The highest BCUT2D eigenvalue weighted by Crippen LogP contribution is 2.25. The molecule has 0 bridgehead atoms. The molecule has 0 saturated carbocycles. The first-order valence-electron chi connectivity index (χ1n) is 8.40. The molecule has 1 aliphatic rings. The lowest BCUT2D eigenvalue weighted by atomic mass is 10.2. The molecule has 0 atom stereocenters. The molecule has 9 nitrogen and oxygen atoms in total. The normalized spacial score (nSPS) is 15.0. The predicted molar refractivity (Wildman–Crippen MR) is 94.1 cm³/mol. The Bertz CT molecular complexity index is 887. The average Bonchev–Trinajstić information content (AvgIpc) is 3.10. The molecule has 0 aromatic carbocycles. The van der Waals surface area contributed by atoms with E-state index in [1.807, 2.05) is 10.9 Å². The van der Waals surface area contributed by atoms with Crippen LogP contribution in [0.25, 0.3) is 22.4 Å². The fourth-order valence-electron chi connectivity index (χ4n) is 2.89. The largest absolute Gasteiger partial charge is 0.378 e. The van der Waals surface area contributed by atoms with Crippen LogP contribution in [-0.4, -0.2) is 56.0 Å². The van der Waals surface area contributed by atoms with Crippen LogP contribution in [0.2, 0.25) is 0 Å². The zero-order valence-electron chi connectivity index (χ0n) is 14.1. The van der Waals surface area contributed by atoms with Crippen molar-refractivity contribution >= 4 is 22.9 Å². The van der Waals surface area contributed by atoms with E-state index >= 15 is 0 Å². The van der Waals surface area contributed by atoms with Gasteiger partial charge in [0.25, 0.3) is 0 Å². The number of ether oxygens (including phenoxy) is 1. The van der Waals surface area contributed by atoms with Crippen molar-refractivity contribution < 1.29 is 4.74 Å². The van der Waals surface area contributed by atoms with Gasteiger partial charge in [0, 0.05) is 31.4 Å². The van der Waals surface area contributed by atoms with Gasteiger partial charge in [-0.05, 0) is 6.42 Å². The van der Waals surface area contributed by atoms with E-state index in [1.165, 1.54) is 0 Å². The molecule has 3 aromatic rings. The van der Waals surface area contributed by atoms with Crippen LogP contribution in [0.3, 0.4) is 0 Å². The van der Waals surface area contributed by atoms with Gasteiger partial charge < -0.3 is 15.4 Å². The van der Waals surface area contributed by atoms with Crippen LogP contribution >= 0.6 is 0 Å². The molecular weight excluding hydrogens is 320 g/mol. The van der Waals surface area contributed by atoms with E-state index in [0.717, 1.165) is 37.3 Å². The van der Waals surface area contributed by atoms with Crippen molar-refractivity contribution in [2.75, 3.05) is 36.9 Å². The predicted octanol–water partition coefficient (Wildman–Crippen LogP) is 1.11. The van der Waals surface area contributed by atoms with E-state index in [1.54, 1.807) is 12.4 Å². The fourth-order valence-corrected chi connectivity index (χ4v) is 2.89. The number of rotatable bonds is 4. The Balaban J connectivity index is 1.78.